The van der Waals surface area contributed by atoms with Gasteiger partial charge in [0.05, 0.1) is 6.61 Å². The van der Waals surface area contributed by atoms with Gasteiger partial charge in [-0.3, -0.25) is 4.52 Å². The van der Waals surface area contributed by atoms with Crippen molar-refractivity contribution in [2.75, 3.05) is 13.2 Å². The zero-order valence-corrected chi connectivity index (χ0v) is 19.7. The zero-order chi connectivity index (χ0) is 26.9. The third kappa shape index (κ3) is 21.9. The van der Waals surface area contributed by atoms with Crippen LogP contribution in [0, 0.1) is 118 Å². The molecule has 0 amide bonds. The molecule has 0 bridgehead atoms. The van der Waals surface area contributed by atoms with Crippen molar-refractivity contribution in [3.05, 3.63) is 0 Å². The monoisotopic (exact) mass is 496 g/mol. The second kappa shape index (κ2) is 20.3. The van der Waals surface area contributed by atoms with Crippen molar-refractivity contribution < 1.29 is 37.9 Å². The maximum Gasteiger partial charge on any atom is 0.469 e. The van der Waals surface area contributed by atoms with Crippen LogP contribution in [0.2, 0.25) is 0 Å². The number of carbonyl (C=O) groups is 2. The summed E-state index contributed by atoms with van der Waals surface area (Å²) in [6, 6.07) is 0. The van der Waals surface area contributed by atoms with E-state index in [4.69, 9.17) is 19.3 Å². The average Bonchev–Trinajstić information content (AvgIpc) is 2.83. The summed E-state index contributed by atoms with van der Waals surface area (Å²) in [5.41, 5.74) is 0. The molecule has 0 heterocycles. The van der Waals surface area contributed by atoms with E-state index in [1.807, 2.05) is 11.8 Å². The topological polar surface area (TPSA) is 119 Å². The highest BCUT2D eigenvalue weighted by Crippen LogP contribution is 2.35. The molecule has 2 N–H and O–H groups in total. The van der Waals surface area contributed by atoms with E-state index in [-0.39, 0.29) is 0 Å². The summed E-state index contributed by atoms with van der Waals surface area (Å²) in [7, 11) is -4.89. The Hall–Kier alpha value is -5.35. The van der Waals surface area contributed by atoms with E-state index in [2.05, 4.69) is 111 Å². The van der Waals surface area contributed by atoms with Gasteiger partial charge in [-0.1, -0.05) is 11.8 Å². The molecule has 0 saturated carbocycles. The summed E-state index contributed by atoms with van der Waals surface area (Å²) >= 11 is 0. The zero-order valence-electron chi connectivity index (χ0n) is 18.8. The molecule has 0 aromatic rings. The third-order valence-corrected chi connectivity index (χ3v) is 3.04. The molecular weight excluding hydrogens is 483 g/mol. The van der Waals surface area contributed by atoms with Crippen molar-refractivity contribution in [3.63, 3.8) is 0 Å². The quantitative estimate of drug-likeness (QED) is 0.221. The number of ether oxygens (including phenoxy) is 2. The Bertz CT molecular complexity index is 1530. The van der Waals surface area contributed by atoms with Gasteiger partial charge in [0, 0.05) is 11.8 Å². The first-order valence-corrected chi connectivity index (χ1v) is 10.7. The standard InChI is InChI=1S/C27H13O8P/c1-3-5-7-9-11-12-13-14-16-17-19-21-26(28)33-23-25(24-34-36(30,31)32)35-27(29)22-20-18-15-10-8-6-4-2/h25H,23-24H2,1-2H3,(H2,30,31,32)/t25-/m1/s1. The van der Waals surface area contributed by atoms with E-state index in [0.717, 1.165) is 0 Å². The predicted octanol–water partition coefficient (Wildman–Crippen LogP) is -0.375. The molecule has 0 fully saturated rings. The van der Waals surface area contributed by atoms with Crippen molar-refractivity contribution in [2.24, 2.45) is 0 Å². The van der Waals surface area contributed by atoms with Crippen LogP contribution in [0.4, 0.5) is 0 Å². The normalized spacial score (nSPS) is 8.00. The molecule has 0 saturated heterocycles. The minimum atomic E-state index is -4.89. The number of phosphoric ester groups is 1. The minimum Gasteiger partial charge on any atom is -0.452 e. The summed E-state index contributed by atoms with van der Waals surface area (Å²) in [4.78, 5) is 41.0. The van der Waals surface area contributed by atoms with Gasteiger partial charge in [-0.15, -0.1) is 0 Å². The average molecular weight is 496 g/mol. The summed E-state index contributed by atoms with van der Waals surface area (Å²) in [5.74, 6) is 44.7. The Balaban J connectivity index is 4.98. The second-order valence-corrected chi connectivity index (χ2v) is 6.40. The number of hydrogen-bond donors (Lipinski definition) is 2. The maximum absolute atomic E-state index is 11.7. The Morgan fingerprint density at radius 1 is 0.639 bits per heavy atom. The molecule has 0 unspecified atom stereocenters. The van der Waals surface area contributed by atoms with Gasteiger partial charge in [-0.2, -0.15) is 0 Å². The molecule has 0 aliphatic heterocycles. The van der Waals surface area contributed by atoms with Crippen LogP contribution in [0.5, 0.6) is 0 Å². The lowest BCUT2D eigenvalue weighted by Gasteiger charge is -2.16. The second-order valence-electron chi connectivity index (χ2n) is 5.16. The van der Waals surface area contributed by atoms with E-state index in [1.54, 1.807) is 13.8 Å². The van der Waals surface area contributed by atoms with Crippen LogP contribution >= 0.6 is 7.82 Å². The molecule has 174 valence electrons. The first-order valence-electron chi connectivity index (χ1n) is 9.21. The number of esters is 2. The van der Waals surface area contributed by atoms with Crippen LogP contribution in [0.3, 0.4) is 0 Å². The minimum absolute atomic E-state index is 0.639. The molecule has 0 rings (SSSR count). The molecule has 9 heteroatoms. The van der Waals surface area contributed by atoms with Crippen molar-refractivity contribution >= 4 is 19.8 Å². The van der Waals surface area contributed by atoms with Gasteiger partial charge in [0.15, 0.2) is 6.10 Å². The summed E-state index contributed by atoms with van der Waals surface area (Å²) < 4.78 is 24.8. The van der Waals surface area contributed by atoms with Gasteiger partial charge >= 0.3 is 19.8 Å². The van der Waals surface area contributed by atoms with Gasteiger partial charge in [-0.25, -0.2) is 14.2 Å². The number of carbonyl (C=O) groups excluding carboxylic acids is 2. The van der Waals surface area contributed by atoms with Crippen LogP contribution < -0.4 is 0 Å². The van der Waals surface area contributed by atoms with Crippen molar-refractivity contribution in [3.8, 4) is 118 Å². The Kier molecular flexibility index (Phi) is 17.3. The van der Waals surface area contributed by atoms with E-state index in [1.165, 1.54) is 0 Å². The summed E-state index contributed by atoms with van der Waals surface area (Å²) in [5, 5.41) is 0. The Morgan fingerprint density at radius 2 is 1.03 bits per heavy atom. The molecule has 8 nitrogen and oxygen atoms in total. The lowest BCUT2D eigenvalue weighted by molar-refractivity contribution is -0.153. The molecule has 0 aliphatic rings. The van der Waals surface area contributed by atoms with Crippen LogP contribution in [-0.2, 0) is 28.2 Å². The van der Waals surface area contributed by atoms with Gasteiger partial charge in [0.1, 0.15) is 6.61 Å². The first kappa shape index (κ1) is 30.6. The fourth-order valence-electron chi connectivity index (χ4n) is 1.35. The van der Waals surface area contributed by atoms with Crippen LogP contribution in [0.15, 0.2) is 0 Å². The molecule has 1 atom stereocenters. The lowest BCUT2D eigenvalue weighted by atomic mass is 10.4. The van der Waals surface area contributed by atoms with E-state index >= 15 is 0 Å². The van der Waals surface area contributed by atoms with Gasteiger partial charge < -0.3 is 19.3 Å². The molecule has 0 aliphatic carbocycles. The summed E-state index contributed by atoms with van der Waals surface area (Å²) in [6.45, 7) is 1.80. The Labute approximate surface area is 209 Å². The SMILES string of the molecule is CC#CC#CC#CC#CC#CC#CC(=O)OC[C@H](COP(=O)(O)O)OC(=O)C#CC#CC#CC#CC. The van der Waals surface area contributed by atoms with Crippen LogP contribution in [0.1, 0.15) is 13.8 Å². The summed E-state index contributed by atoms with van der Waals surface area (Å²) in [6.07, 6.45) is -1.40. The number of phosphoric acid groups is 1. The highest BCUT2D eigenvalue weighted by Gasteiger charge is 2.22. The predicted molar refractivity (Wildman–Crippen MR) is 128 cm³/mol. The molecule has 0 aromatic heterocycles. The maximum atomic E-state index is 11.7. The smallest absolute Gasteiger partial charge is 0.452 e. The van der Waals surface area contributed by atoms with Gasteiger partial charge in [0.25, 0.3) is 0 Å². The van der Waals surface area contributed by atoms with Crippen LogP contribution in [0.25, 0.3) is 0 Å². The lowest BCUT2D eigenvalue weighted by Crippen LogP contribution is -2.28. The third-order valence-electron chi connectivity index (χ3n) is 2.56. The molecule has 36 heavy (non-hydrogen) atoms. The van der Waals surface area contributed by atoms with E-state index in [9.17, 15) is 14.2 Å². The Morgan fingerprint density at radius 3 is 1.44 bits per heavy atom. The van der Waals surface area contributed by atoms with E-state index in [0.29, 0.717) is 0 Å². The van der Waals surface area contributed by atoms with E-state index < -0.39 is 39.1 Å². The van der Waals surface area contributed by atoms with Crippen molar-refractivity contribution in [1.29, 1.82) is 0 Å². The highest BCUT2D eigenvalue weighted by molar-refractivity contribution is 7.46. The molecule has 0 aromatic carbocycles. The number of rotatable bonds is 6. The first-order chi connectivity index (χ1) is 17.3. The molecular formula is C27H13O8P. The van der Waals surface area contributed by atoms with Crippen molar-refractivity contribution in [1.82, 2.24) is 0 Å². The molecule has 0 spiro atoms. The molecule has 0 radical (unpaired) electrons. The van der Waals surface area contributed by atoms with Gasteiger partial charge in [-0.05, 0) is 109 Å². The van der Waals surface area contributed by atoms with Crippen molar-refractivity contribution in [2.45, 2.75) is 20.0 Å². The number of hydrogen-bond acceptors (Lipinski definition) is 6. The highest BCUT2D eigenvalue weighted by atomic mass is 31.2. The van der Waals surface area contributed by atoms with Crippen LogP contribution in [-0.4, -0.2) is 41.0 Å². The van der Waals surface area contributed by atoms with Gasteiger partial charge in [0.2, 0.25) is 0 Å². The largest absolute Gasteiger partial charge is 0.469 e. The fraction of sp³-hybridized carbons (Fsp3) is 0.185. The fourth-order valence-corrected chi connectivity index (χ4v) is 1.71.